The largest absolute Gasteiger partial charge is 1.00 e. The van der Waals surface area contributed by atoms with E-state index in [-0.39, 0.29) is 12.4 Å². The van der Waals surface area contributed by atoms with Crippen LogP contribution in [0.3, 0.4) is 0 Å². The fourth-order valence-corrected chi connectivity index (χ4v) is 3.25. The van der Waals surface area contributed by atoms with Crippen molar-refractivity contribution in [1.29, 1.82) is 0 Å². The van der Waals surface area contributed by atoms with Gasteiger partial charge in [-0.25, -0.2) is 0 Å². The second-order valence-corrected chi connectivity index (χ2v) is 6.86. The van der Waals surface area contributed by atoms with E-state index in [9.17, 15) is 5.11 Å². The highest BCUT2D eigenvalue weighted by Gasteiger charge is 2.30. The van der Waals surface area contributed by atoms with Crippen molar-refractivity contribution in [2.75, 3.05) is 39.8 Å². The van der Waals surface area contributed by atoms with Crippen LogP contribution in [0.4, 0.5) is 0 Å². The van der Waals surface area contributed by atoms with Crippen LogP contribution in [0.15, 0.2) is 60.7 Å². The summed E-state index contributed by atoms with van der Waals surface area (Å²) in [5.74, 6) is 6.50. The summed E-state index contributed by atoms with van der Waals surface area (Å²) in [6.45, 7) is 5.34. The fourth-order valence-electron chi connectivity index (χ4n) is 3.25. The molecule has 0 saturated carbocycles. The number of hydrogen-bond acceptors (Lipinski definition) is 2. The third kappa shape index (κ3) is 5.09. The maximum atomic E-state index is 11.4. The quantitative estimate of drug-likeness (QED) is 0.619. The highest BCUT2D eigenvalue weighted by Crippen LogP contribution is 2.32. The first-order valence-corrected chi connectivity index (χ1v) is 9.01. The van der Waals surface area contributed by atoms with E-state index in [0.717, 1.165) is 30.8 Å². The van der Waals surface area contributed by atoms with Crippen LogP contribution in [0.2, 0.25) is 0 Å². The molecule has 1 aliphatic rings. The molecule has 1 fully saturated rings. The Labute approximate surface area is 163 Å². The lowest BCUT2D eigenvalue weighted by atomic mass is 9.84. The minimum atomic E-state index is -1.07. The summed E-state index contributed by atoms with van der Waals surface area (Å²) in [5, 5.41) is 11.4. The minimum absolute atomic E-state index is 0. The van der Waals surface area contributed by atoms with Crippen molar-refractivity contribution in [2.45, 2.75) is 12.0 Å². The summed E-state index contributed by atoms with van der Waals surface area (Å²) in [7, 11) is 2.24. The van der Waals surface area contributed by atoms with Gasteiger partial charge in [-0.15, -0.1) is 0 Å². The predicted octanol–water partition coefficient (Wildman–Crippen LogP) is -1.85. The minimum Gasteiger partial charge on any atom is -1.00 e. The van der Waals surface area contributed by atoms with Gasteiger partial charge in [0.05, 0.1) is 26.7 Å². The van der Waals surface area contributed by atoms with Crippen LogP contribution in [0.25, 0.3) is 0 Å². The number of likely N-dealkylation sites (N-methyl/N-ethyl adjacent to an activating group) is 1. The molecule has 0 aromatic heterocycles. The third-order valence-electron chi connectivity index (χ3n) is 4.98. The summed E-state index contributed by atoms with van der Waals surface area (Å²) in [5.41, 5.74) is 0.708. The van der Waals surface area contributed by atoms with Gasteiger partial charge in [0.2, 0.25) is 0 Å². The Morgan fingerprint density at radius 1 is 0.923 bits per heavy atom. The fraction of sp³-hybridized carbons (Fsp3) is 0.364. The highest BCUT2D eigenvalue weighted by molar-refractivity contribution is 5.37. The number of nitrogens with zero attached hydrogens (tertiary/aromatic N) is 1. The van der Waals surface area contributed by atoms with Crippen molar-refractivity contribution < 1.29 is 22.4 Å². The van der Waals surface area contributed by atoms with Crippen LogP contribution in [0.1, 0.15) is 17.5 Å². The van der Waals surface area contributed by atoms with Crippen LogP contribution in [-0.4, -0.2) is 49.8 Å². The third-order valence-corrected chi connectivity index (χ3v) is 4.98. The molecule has 2 aromatic carbocycles. The molecule has 26 heavy (non-hydrogen) atoms. The Morgan fingerprint density at radius 2 is 1.42 bits per heavy atom. The molecular formula is C22H27ClN2O. The predicted molar refractivity (Wildman–Crippen MR) is 101 cm³/mol. The van der Waals surface area contributed by atoms with E-state index >= 15 is 0 Å². The molecule has 0 unspecified atom stereocenters. The molecule has 138 valence electrons. The number of quaternary nitrogens is 1. The first kappa shape index (κ1) is 20.5. The second-order valence-electron chi connectivity index (χ2n) is 6.86. The second kappa shape index (κ2) is 9.75. The maximum absolute atomic E-state index is 11.4. The number of aliphatic hydroxyl groups is 1. The van der Waals surface area contributed by atoms with E-state index in [1.54, 1.807) is 4.90 Å². The van der Waals surface area contributed by atoms with E-state index in [1.807, 2.05) is 60.7 Å². The number of nitrogens with one attached hydrogen (secondary N) is 1. The smallest absolute Gasteiger partial charge is 0.125 e. The van der Waals surface area contributed by atoms with Crippen LogP contribution in [-0.2, 0) is 5.60 Å². The molecule has 2 aromatic rings. The number of piperazine rings is 1. The van der Waals surface area contributed by atoms with Gasteiger partial charge in [0.1, 0.15) is 5.60 Å². The van der Waals surface area contributed by atoms with Gasteiger partial charge in [-0.05, 0) is 11.1 Å². The van der Waals surface area contributed by atoms with Crippen LogP contribution < -0.4 is 17.3 Å². The van der Waals surface area contributed by atoms with Crippen molar-refractivity contribution in [3.8, 4) is 11.8 Å². The Hall–Kier alpha value is -1.83. The normalized spacial score (nSPS) is 15.6. The molecule has 3 rings (SSSR count). The summed E-state index contributed by atoms with van der Waals surface area (Å²) in [4.78, 5) is 3.98. The Kier molecular flexibility index (Phi) is 7.68. The molecule has 0 radical (unpaired) electrons. The molecule has 0 bridgehead atoms. The van der Waals surface area contributed by atoms with Gasteiger partial charge in [0.25, 0.3) is 0 Å². The van der Waals surface area contributed by atoms with E-state index < -0.39 is 5.60 Å². The molecule has 0 spiro atoms. The molecule has 4 heteroatoms. The monoisotopic (exact) mass is 370 g/mol. The van der Waals surface area contributed by atoms with Gasteiger partial charge < -0.3 is 22.4 Å². The lowest BCUT2D eigenvalue weighted by Gasteiger charge is -2.28. The summed E-state index contributed by atoms with van der Waals surface area (Å²) in [6, 6.07) is 19.7. The molecule has 0 aliphatic carbocycles. The van der Waals surface area contributed by atoms with Crippen molar-refractivity contribution in [1.82, 2.24) is 4.90 Å². The van der Waals surface area contributed by atoms with Gasteiger partial charge in [0, 0.05) is 19.5 Å². The molecule has 3 nitrogen and oxygen atoms in total. The first-order valence-electron chi connectivity index (χ1n) is 9.01. The molecule has 1 saturated heterocycles. The maximum Gasteiger partial charge on any atom is 0.125 e. The van der Waals surface area contributed by atoms with E-state index in [2.05, 4.69) is 23.8 Å². The van der Waals surface area contributed by atoms with Gasteiger partial charge >= 0.3 is 0 Å². The van der Waals surface area contributed by atoms with Crippen LogP contribution in [0, 0.1) is 11.8 Å². The van der Waals surface area contributed by atoms with Gasteiger partial charge in [-0.2, -0.15) is 0 Å². The number of hydrogen-bond donors (Lipinski definition) is 2. The zero-order chi connectivity index (χ0) is 17.5. The SMILES string of the molecule is C[NH+]1CCN(CC#CCC(O)(c2ccccc2)c2ccccc2)CC1.[Cl-]. The van der Waals surface area contributed by atoms with Gasteiger partial charge in [0.15, 0.2) is 0 Å². The average molecular weight is 371 g/mol. The Bertz CT molecular complexity index is 677. The molecular weight excluding hydrogens is 344 g/mol. The van der Waals surface area contributed by atoms with Crippen molar-refractivity contribution in [2.24, 2.45) is 0 Å². The number of rotatable bonds is 4. The van der Waals surface area contributed by atoms with Crippen LogP contribution >= 0.6 is 0 Å². The Balaban J connectivity index is 0.00000243. The standard InChI is InChI=1S/C22H26N2O.ClH/c1-23-16-18-24(19-17-23)15-9-8-14-22(25,20-10-4-2-5-11-20)21-12-6-3-7-13-21;/h2-7,10-13,25H,14-19H2,1H3;1H. The zero-order valence-electron chi connectivity index (χ0n) is 15.3. The molecule has 1 aliphatic heterocycles. The Morgan fingerprint density at radius 3 is 1.92 bits per heavy atom. The lowest BCUT2D eigenvalue weighted by molar-refractivity contribution is -0.884. The molecule has 0 atom stereocenters. The van der Waals surface area contributed by atoms with Crippen molar-refractivity contribution in [3.63, 3.8) is 0 Å². The number of halogens is 1. The van der Waals surface area contributed by atoms with Crippen LogP contribution in [0.5, 0.6) is 0 Å². The summed E-state index contributed by atoms with van der Waals surface area (Å²) in [6.07, 6.45) is 0.403. The topological polar surface area (TPSA) is 27.9 Å². The molecule has 2 N–H and O–H groups in total. The summed E-state index contributed by atoms with van der Waals surface area (Å²) >= 11 is 0. The highest BCUT2D eigenvalue weighted by atomic mass is 35.5. The van der Waals surface area contributed by atoms with Gasteiger partial charge in [-0.3, -0.25) is 4.90 Å². The van der Waals surface area contributed by atoms with E-state index in [4.69, 9.17) is 0 Å². The molecule has 1 heterocycles. The van der Waals surface area contributed by atoms with Crippen molar-refractivity contribution >= 4 is 0 Å². The number of benzene rings is 2. The van der Waals surface area contributed by atoms with E-state index in [0.29, 0.717) is 6.42 Å². The van der Waals surface area contributed by atoms with Gasteiger partial charge in [-0.1, -0.05) is 72.5 Å². The molecule has 0 amide bonds. The lowest BCUT2D eigenvalue weighted by Crippen LogP contribution is -3.11. The first-order chi connectivity index (χ1) is 12.2. The summed E-state index contributed by atoms with van der Waals surface area (Å²) < 4.78 is 0. The van der Waals surface area contributed by atoms with E-state index in [1.165, 1.54) is 13.1 Å². The average Bonchev–Trinajstić information content (AvgIpc) is 2.68. The zero-order valence-corrected chi connectivity index (χ0v) is 16.0. The van der Waals surface area contributed by atoms with Crippen molar-refractivity contribution in [3.05, 3.63) is 71.8 Å².